The van der Waals surface area contributed by atoms with Gasteiger partial charge in [0.05, 0.1) is 5.56 Å². The van der Waals surface area contributed by atoms with Gasteiger partial charge in [0.15, 0.2) is 0 Å². The van der Waals surface area contributed by atoms with Crippen molar-refractivity contribution in [2.75, 3.05) is 6.54 Å². The SMILES string of the molecule is CCC(N)(CC)CNC(=O)c1ccc2nccn2c1. The van der Waals surface area contributed by atoms with Crippen molar-refractivity contribution in [1.82, 2.24) is 14.7 Å². The summed E-state index contributed by atoms with van der Waals surface area (Å²) in [5.74, 6) is -0.104. The normalized spacial score (nSPS) is 11.7. The van der Waals surface area contributed by atoms with E-state index in [0.717, 1.165) is 18.5 Å². The van der Waals surface area contributed by atoms with Crippen LogP contribution in [0.2, 0.25) is 0 Å². The average molecular weight is 260 g/mol. The van der Waals surface area contributed by atoms with Gasteiger partial charge < -0.3 is 15.5 Å². The van der Waals surface area contributed by atoms with Crippen LogP contribution in [-0.4, -0.2) is 27.4 Å². The van der Waals surface area contributed by atoms with Gasteiger partial charge in [0.2, 0.25) is 0 Å². The molecule has 0 saturated heterocycles. The number of imidazole rings is 1. The molecule has 0 aromatic carbocycles. The lowest BCUT2D eigenvalue weighted by Crippen LogP contribution is -2.49. The number of hydrogen-bond acceptors (Lipinski definition) is 3. The van der Waals surface area contributed by atoms with Gasteiger partial charge in [0.1, 0.15) is 5.65 Å². The summed E-state index contributed by atoms with van der Waals surface area (Å²) in [6.07, 6.45) is 6.97. The number of rotatable bonds is 5. The number of nitrogens with two attached hydrogens (primary N) is 1. The van der Waals surface area contributed by atoms with Gasteiger partial charge in [-0.3, -0.25) is 4.79 Å². The van der Waals surface area contributed by atoms with Gasteiger partial charge in [-0.05, 0) is 25.0 Å². The van der Waals surface area contributed by atoms with Crippen LogP contribution in [0.3, 0.4) is 0 Å². The van der Waals surface area contributed by atoms with Crippen LogP contribution < -0.4 is 11.1 Å². The maximum atomic E-state index is 12.1. The Labute approximate surface area is 112 Å². The maximum Gasteiger partial charge on any atom is 0.252 e. The number of amides is 1. The second kappa shape index (κ2) is 5.40. The second-order valence-corrected chi connectivity index (χ2v) is 4.86. The number of carbonyl (C=O) groups excluding carboxylic acids is 1. The Bertz CT molecular complexity index is 572. The molecule has 0 atom stereocenters. The zero-order valence-electron chi connectivity index (χ0n) is 11.4. The van der Waals surface area contributed by atoms with E-state index in [-0.39, 0.29) is 11.4 Å². The number of hydrogen-bond donors (Lipinski definition) is 2. The van der Waals surface area contributed by atoms with Crippen LogP contribution in [-0.2, 0) is 0 Å². The van der Waals surface area contributed by atoms with Crippen LogP contribution in [0, 0.1) is 0 Å². The molecule has 0 fully saturated rings. The predicted molar refractivity (Wildman–Crippen MR) is 75.0 cm³/mol. The second-order valence-electron chi connectivity index (χ2n) is 4.86. The van der Waals surface area contributed by atoms with Crippen LogP contribution in [0.5, 0.6) is 0 Å². The Morgan fingerprint density at radius 1 is 1.42 bits per heavy atom. The third kappa shape index (κ3) is 2.93. The van der Waals surface area contributed by atoms with Crippen LogP contribution in [0.25, 0.3) is 5.65 Å². The summed E-state index contributed by atoms with van der Waals surface area (Å²) in [5, 5.41) is 2.90. The fourth-order valence-electron chi connectivity index (χ4n) is 1.91. The van der Waals surface area contributed by atoms with E-state index in [4.69, 9.17) is 5.73 Å². The molecule has 0 aliphatic rings. The van der Waals surface area contributed by atoms with Gasteiger partial charge in [-0.15, -0.1) is 0 Å². The topological polar surface area (TPSA) is 72.4 Å². The summed E-state index contributed by atoms with van der Waals surface area (Å²) in [5.41, 5.74) is 7.28. The van der Waals surface area contributed by atoms with Gasteiger partial charge in [-0.2, -0.15) is 0 Å². The lowest BCUT2D eigenvalue weighted by Gasteiger charge is -2.26. The summed E-state index contributed by atoms with van der Waals surface area (Å²) in [6, 6.07) is 3.60. The molecule has 19 heavy (non-hydrogen) atoms. The molecule has 5 nitrogen and oxygen atoms in total. The molecule has 0 saturated carbocycles. The molecule has 0 aliphatic heterocycles. The first-order valence-electron chi connectivity index (χ1n) is 6.58. The minimum absolute atomic E-state index is 0.104. The molecule has 0 spiro atoms. The van der Waals surface area contributed by atoms with Crippen molar-refractivity contribution < 1.29 is 4.79 Å². The molecule has 0 unspecified atom stereocenters. The van der Waals surface area contributed by atoms with E-state index in [1.54, 1.807) is 18.5 Å². The first-order valence-corrected chi connectivity index (χ1v) is 6.58. The molecule has 0 bridgehead atoms. The summed E-state index contributed by atoms with van der Waals surface area (Å²) >= 11 is 0. The summed E-state index contributed by atoms with van der Waals surface area (Å²) in [6.45, 7) is 4.56. The highest BCUT2D eigenvalue weighted by atomic mass is 16.1. The summed E-state index contributed by atoms with van der Waals surface area (Å²) < 4.78 is 1.82. The Kier molecular flexibility index (Phi) is 3.85. The van der Waals surface area contributed by atoms with Crippen molar-refractivity contribution >= 4 is 11.6 Å². The standard InChI is InChI=1S/C14H20N4O/c1-3-14(15,4-2)10-17-13(19)11-5-6-12-16-7-8-18(12)9-11/h5-9H,3-4,10,15H2,1-2H3,(H,17,19). The molecule has 3 N–H and O–H groups in total. The zero-order valence-corrected chi connectivity index (χ0v) is 11.4. The van der Waals surface area contributed by atoms with Crippen LogP contribution in [0.15, 0.2) is 30.7 Å². The zero-order chi connectivity index (χ0) is 13.9. The molecule has 5 heteroatoms. The highest BCUT2D eigenvalue weighted by Crippen LogP contribution is 2.10. The van der Waals surface area contributed by atoms with E-state index >= 15 is 0 Å². The molecular weight excluding hydrogens is 240 g/mol. The molecule has 2 aromatic rings. The van der Waals surface area contributed by atoms with Gasteiger partial charge >= 0.3 is 0 Å². The van der Waals surface area contributed by atoms with Crippen molar-refractivity contribution in [3.05, 3.63) is 36.3 Å². The van der Waals surface area contributed by atoms with Crippen LogP contribution in [0.4, 0.5) is 0 Å². The summed E-state index contributed by atoms with van der Waals surface area (Å²) in [7, 11) is 0. The van der Waals surface area contributed by atoms with E-state index in [1.165, 1.54) is 0 Å². The Balaban J connectivity index is 2.07. The minimum atomic E-state index is -0.325. The quantitative estimate of drug-likeness (QED) is 0.857. The molecule has 1 amide bonds. The number of carbonyl (C=O) groups is 1. The fraction of sp³-hybridized carbons (Fsp3) is 0.429. The summed E-state index contributed by atoms with van der Waals surface area (Å²) in [4.78, 5) is 16.2. The van der Waals surface area contributed by atoms with E-state index in [0.29, 0.717) is 12.1 Å². The lowest BCUT2D eigenvalue weighted by molar-refractivity contribution is 0.0941. The van der Waals surface area contributed by atoms with Crippen molar-refractivity contribution in [2.24, 2.45) is 5.73 Å². The molecule has 2 rings (SSSR count). The number of nitrogens with zero attached hydrogens (tertiary/aromatic N) is 2. The Morgan fingerprint density at radius 2 is 2.16 bits per heavy atom. The highest BCUT2D eigenvalue weighted by Gasteiger charge is 2.21. The van der Waals surface area contributed by atoms with Gasteiger partial charge in [-0.1, -0.05) is 13.8 Å². The maximum absolute atomic E-state index is 12.1. The first kappa shape index (κ1) is 13.5. The minimum Gasteiger partial charge on any atom is -0.350 e. The Morgan fingerprint density at radius 3 is 2.84 bits per heavy atom. The Hall–Kier alpha value is -1.88. The molecule has 102 valence electrons. The smallest absolute Gasteiger partial charge is 0.252 e. The average Bonchev–Trinajstić information content (AvgIpc) is 2.91. The number of nitrogens with one attached hydrogen (secondary N) is 1. The van der Waals surface area contributed by atoms with Crippen LogP contribution in [0.1, 0.15) is 37.0 Å². The molecular formula is C14H20N4O. The van der Waals surface area contributed by atoms with E-state index in [1.807, 2.05) is 30.5 Å². The molecule has 2 heterocycles. The first-order chi connectivity index (χ1) is 9.08. The van der Waals surface area contributed by atoms with Gasteiger partial charge in [-0.25, -0.2) is 4.98 Å². The molecule has 2 aromatic heterocycles. The monoisotopic (exact) mass is 260 g/mol. The van der Waals surface area contributed by atoms with E-state index in [9.17, 15) is 4.79 Å². The van der Waals surface area contributed by atoms with E-state index in [2.05, 4.69) is 10.3 Å². The number of pyridine rings is 1. The predicted octanol–water partition coefficient (Wildman–Crippen LogP) is 1.58. The fourth-order valence-corrected chi connectivity index (χ4v) is 1.91. The van der Waals surface area contributed by atoms with Crippen molar-refractivity contribution in [3.63, 3.8) is 0 Å². The van der Waals surface area contributed by atoms with Crippen molar-refractivity contribution in [3.8, 4) is 0 Å². The van der Waals surface area contributed by atoms with Crippen molar-refractivity contribution in [2.45, 2.75) is 32.2 Å². The third-order valence-electron chi connectivity index (χ3n) is 3.66. The number of fused-ring (bicyclic) bond motifs is 1. The third-order valence-corrected chi connectivity index (χ3v) is 3.66. The van der Waals surface area contributed by atoms with Crippen LogP contribution >= 0.6 is 0 Å². The highest BCUT2D eigenvalue weighted by molar-refractivity contribution is 5.94. The van der Waals surface area contributed by atoms with Crippen molar-refractivity contribution in [1.29, 1.82) is 0 Å². The molecule has 0 aliphatic carbocycles. The largest absolute Gasteiger partial charge is 0.350 e. The van der Waals surface area contributed by atoms with E-state index < -0.39 is 0 Å². The van der Waals surface area contributed by atoms with Gasteiger partial charge in [0.25, 0.3) is 5.91 Å². The molecule has 0 radical (unpaired) electrons. The number of aromatic nitrogens is 2. The van der Waals surface area contributed by atoms with Gasteiger partial charge in [0, 0.05) is 30.7 Å². The lowest BCUT2D eigenvalue weighted by atomic mass is 9.94.